The highest BCUT2D eigenvalue weighted by atomic mass is 16.5. The summed E-state index contributed by atoms with van der Waals surface area (Å²) in [6.07, 6.45) is -5.26. The van der Waals surface area contributed by atoms with Crippen LogP contribution in [0, 0.1) is 0 Å². The highest BCUT2D eigenvalue weighted by Crippen LogP contribution is 2.24. The fourth-order valence-corrected chi connectivity index (χ4v) is 2.15. The fourth-order valence-electron chi connectivity index (χ4n) is 2.15. The number of nitrogens with one attached hydrogen (secondary N) is 1. The lowest BCUT2D eigenvalue weighted by Gasteiger charge is -2.39. The third-order valence-corrected chi connectivity index (χ3v) is 3.18. The number of hydrogen-bond acceptors (Lipinski definition) is 8. The van der Waals surface area contributed by atoms with Crippen molar-refractivity contribution in [3.63, 3.8) is 0 Å². The van der Waals surface area contributed by atoms with Crippen LogP contribution < -0.4 is 5.32 Å². The van der Waals surface area contributed by atoms with Gasteiger partial charge in [0.05, 0.1) is 12.6 Å². The Morgan fingerprint density at radius 1 is 1.33 bits per heavy atom. The van der Waals surface area contributed by atoms with E-state index in [1.165, 1.54) is 0 Å². The second-order valence-electron chi connectivity index (χ2n) is 5.05. The van der Waals surface area contributed by atoms with Crippen molar-refractivity contribution >= 4 is 17.8 Å². The smallest absolute Gasteiger partial charge is 0.370 e. The molecule has 5 atom stereocenters. The third kappa shape index (κ3) is 5.16. The summed E-state index contributed by atoms with van der Waals surface area (Å²) in [4.78, 5) is 33.1. The Morgan fingerprint density at radius 2 is 1.96 bits per heavy atom. The molecule has 0 spiro atoms. The molecule has 0 aromatic rings. The molecule has 0 saturated heterocycles. The van der Waals surface area contributed by atoms with E-state index >= 15 is 0 Å². The van der Waals surface area contributed by atoms with Gasteiger partial charge in [0.25, 0.3) is 0 Å². The Labute approximate surface area is 136 Å². The summed E-state index contributed by atoms with van der Waals surface area (Å²) in [7, 11) is 0. The number of rotatable bonds is 8. The van der Waals surface area contributed by atoms with E-state index in [0.29, 0.717) is 0 Å². The van der Waals surface area contributed by atoms with Crippen LogP contribution in [0.3, 0.4) is 0 Å². The van der Waals surface area contributed by atoms with Crippen molar-refractivity contribution in [1.29, 1.82) is 0 Å². The third-order valence-electron chi connectivity index (χ3n) is 3.18. The second-order valence-corrected chi connectivity index (χ2v) is 5.05. The Morgan fingerprint density at radius 3 is 2.42 bits per heavy atom. The highest BCUT2D eigenvalue weighted by molar-refractivity contribution is 5.84. The molecule has 0 unspecified atom stereocenters. The Balaban J connectivity index is 3.17. The summed E-state index contributed by atoms with van der Waals surface area (Å²) >= 11 is 0. The number of carboxylic acid groups (broad SMARTS) is 2. The normalized spacial score (nSPS) is 25.8. The van der Waals surface area contributed by atoms with Crippen molar-refractivity contribution in [3.8, 4) is 0 Å². The molecule has 0 fully saturated rings. The molecule has 0 saturated carbocycles. The minimum Gasteiger partial charge on any atom is -0.480 e. The van der Waals surface area contributed by atoms with E-state index in [4.69, 9.17) is 24.8 Å². The van der Waals surface area contributed by atoms with E-state index in [-0.39, 0.29) is 0 Å². The molecule has 136 valence electrons. The van der Waals surface area contributed by atoms with Crippen molar-refractivity contribution in [2.75, 3.05) is 13.2 Å². The highest BCUT2D eigenvalue weighted by Gasteiger charge is 2.44. The monoisotopic (exact) mass is 349 g/mol. The Bertz CT molecular complexity index is 519. The molecule has 1 aliphatic rings. The van der Waals surface area contributed by atoms with Crippen molar-refractivity contribution in [2.45, 2.75) is 37.4 Å². The lowest BCUT2D eigenvalue weighted by molar-refractivity contribution is -0.155. The predicted octanol–water partition coefficient (Wildman–Crippen LogP) is -2.96. The standard InChI is InChI=1S/C13H19NO10/c1-5(16)14-10-7(23-4-9(18)19)2-8(13(21)22)24-12(10)11(20)6(17)3-15/h2,6-7,10-12,15,17,20H,3-4H2,1H3,(H,14,16)(H,18,19)(H,21,22)/t6-,7+,10-,11-,12-/m1/s1. The van der Waals surface area contributed by atoms with Crippen LogP contribution in [0.25, 0.3) is 0 Å². The number of carbonyl (C=O) groups is 3. The van der Waals surface area contributed by atoms with Gasteiger partial charge in [-0.15, -0.1) is 0 Å². The van der Waals surface area contributed by atoms with Gasteiger partial charge in [-0.25, -0.2) is 9.59 Å². The fraction of sp³-hybridized carbons (Fsp3) is 0.615. The van der Waals surface area contributed by atoms with Crippen LogP contribution in [-0.2, 0) is 23.9 Å². The van der Waals surface area contributed by atoms with E-state index in [9.17, 15) is 24.6 Å². The van der Waals surface area contributed by atoms with E-state index in [1.807, 2.05) is 0 Å². The van der Waals surface area contributed by atoms with Crippen LogP contribution in [0.4, 0.5) is 0 Å². The molecular formula is C13H19NO10. The first-order chi connectivity index (χ1) is 11.2. The Hall–Kier alpha value is -2.21. The molecule has 0 bridgehead atoms. The van der Waals surface area contributed by atoms with Crippen molar-refractivity contribution in [3.05, 3.63) is 11.8 Å². The summed E-state index contributed by atoms with van der Waals surface area (Å²) in [5, 5.41) is 48.6. The van der Waals surface area contributed by atoms with E-state index in [0.717, 1.165) is 13.0 Å². The maximum absolute atomic E-state index is 11.3. The van der Waals surface area contributed by atoms with E-state index in [1.54, 1.807) is 0 Å². The van der Waals surface area contributed by atoms with Gasteiger partial charge in [-0.05, 0) is 6.08 Å². The lowest BCUT2D eigenvalue weighted by atomic mass is 9.93. The van der Waals surface area contributed by atoms with Gasteiger partial charge in [0, 0.05) is 6.92 Å². The second kappa shape index (κ2) is 8.59. The number of amides is 1. The van der Waals surface area contributed by atoms with Gasteiger partial charge in [0.1, 0.15) is 24.9 Å². The first kappa shape index (κ1) is 19.8. The zero-order valence-corrected chi connectivity index (χ0v) is 12.7. The number of carbonyl (C=O) groups excluding carboxylic acids is 1. The van der Waals surface area contributed by atoms with Crippen LogP contribution in [0.1, 0.15) is 6.92 Å². The molecule has 0 aliphatic carbocycles. The number of carboxylic acids is 2. The number of aliphatic hydroxyl groups is 3. The van der Waals surface area contributed by atoms with Gasteiger partial charge in [0.2, 0.25) is 11.7 Å². The van der Waals surface area contributed by atoms with Crippen molar-refractivity contribution in [1.82, 2.24) is 5.32 Å². The summed E-state index contributed by atoms with van der Waals surface area (Å²) in [5.41, 5.74) is 0. The van der Waals surface area contributed by atoms with Crippen molar-refractivity contribution in [2.24, 2.45) is 0 Å². The zero-order chi connectivity index (χ0) is 18.4. The molecule has 0 aromatic carbocycles. The number of aliphatic hydroxyl groups excluding tert-OH is 3. The van der Waals surface area contributed by atoms with Gasteiger partial charge in [-0.1, -0.05) is 0 Å². The lowest BCUT2D eigenvalue weighted by Crippen LogP contribution is -2.60. The van der Waals surface area contributed by atoms with E-state index < -0.39 is 67.3 Å². The number of hydrogen-bond donors (Lipinski definition) is 6. The molecule has 24 heavy (non-hydrogen) atoms. The largest absolute Gasteiger partial charge is 0.480 e. The topological polar surface area (TPSA) is 183 Å². The van der Waals surface area contributed by atoms with Gasteiger partial charge in [0.15, 0.2) is 6.10 Å². The predicted molar refractivity (Wildman–Crippen MR) is 74.7 cm³/mol. The molecular weight excluding hydrogens is 330 g/mol. The summed E-state index contributed by atoms with van der Waals surface area (Å²) in [5.74, 6) is -4.09. The van der Waals surface area contributed by atoms with Gasteiger partial charge in [-0.2, -0.15) is 0 Å². The average molecular weight is 349 g/mol. The molecule has 0 radical (unpaired) electrons. The maximum atomic E-state index is 11.3. The molecule has 1 aliphatic heterocycles. The van der Waals surface area contributed by atoms with Gasteiger partial charge in [-0.3, -0.25) is 4.79 Å². The summed E-state index contributed by atoms with van der Waals surface area (Å²) in [6.45, 7) is -0.507. The minimum absolute atomic E-state index is 0.588. The molecule has 0 aromatic heterocycles. The van der Waals surface area contributed by atoms with Gasteiger partial charge < -0.3 is 40.3 Å². The molecule has 11 heteroatoms. The zero-order valence-electron chi connectivity index (χ0n) is 12.7. The maximum Gasteiger partial charge on any atom is 0.370 e. The van der Waals surface area contributed by atoms with Crippen molar-refractivity contribution < 1.29 is 49.4 Å². The molecule has 1 heterocycles. The first-order valence-corrected chi connectivity index (χ1v) is 6.86. The summed E-state index contributed by atoms with van der Waals surface area (Å²) < 4.78 is 10.1. The SMILES string of the molecule is CC(=O)N[C@H]1[C@H]([C@H](O)[C@H](O)CO)OC(C(=O)O)=C[C@@H]1OCC(=O)O. The average Bonchev–Trinajstić information content (AvgIpc) is 2.51. The first-order valence-electron chi connectivity index (χ1n) is 6.86. The van der Waals surface area contributed by atoms with Crippen LogP contribution in [0.15, 0.2) is 11.8 Å². The van der Waals surface area contributed by atoms with Gasteiger partial charge >= 0.3 is 11.9 Å². The molecule has 11 nitrogen and oxygen atoms in total. The molecule has 1 amide bonds. The molecule has 6 N–H and O–H groups in total. The quantitative estimate of drug-likeness (QED) is 0.265. The van der Waals surface area contributed by atoms with Crippen LogP contribution in [0.2, 0.25) is 0 Å². The molecule has 1 rings (SSSR count). The number of aliphatic carboxylic acids is 2. The minimum atomic E-state index is -1.77. The summed E-state index contributed by atoms with van der Waals surface area (Å²) in [6, 6.07) is -1.19. The van der Waals surface area contributed by atoms with E-state index in [2.05, 4.69) is 5.32 Å². The Kier molecular flexibility index (Phi) is 7.10. The number of ether oxygens (including phenoxy) is 2. The van der Waals surface area contributed by atoms with Crippen LogP contribution >= 0.6 is 0 Å². The van der Waals surface area contributed by atoms with Crippen LogP contribution in [-0.4, -0.2) is 87.0 Å². The van der Waals surface area contributed by atoms with Crippen LogP contribution in [0.5, 0.6) is 0 Å².